The second-order valence-corrected chi connectivity index (χ2v) is 6.57. The van der Waals surface area contributed by atoms with Crippen molar-refractivity contribution in [2.75, 3.05) is 40.1 Å². The van der Waals surface area contributed by atoms with Gasteiger partial charge in [-0.05, 0) is 41.5 Å². The van der Waals surface area contributed by atoms with E-state index in [1.807, 2.05) is 48.5 Å². The highest BCUT2D eigenvalue weighted by atomic mass is 16.6. The second kappa shape index (κ2) is 11.2. The number of benzene rings is 2. The van der Waals surface area contributed by atoms with Crippen molar-refractivity contribution in [2.45, 2.75) is 12.5 Å². The van der Waals surface area contributed by atoms with Crippen LogP contribution in [0.3, 0.4) is 0 Å². The van der Waals surface area contributed by atoms with Gasteiger partial charge in [-0.3, -0.25) is 0 Å². The summed E-state index contributed by atoms with van der Waals surface area (Å²) in [5.74, 6) is 1.22. The van der Waals surface area contributed by atoms with Crippen LogP contribution in [0.4, 0.5) is 0 Å². The first kappa shape index (κ1) is 20.9. The van der Waals surface area contributed by atoms with Gasteiger partial charge in [-0.1, -0.05) is 24.3 Å². The molecule has 0 saturated carbocycles. The molecule has 0 amide bonds. The zero-order valence-electron chi connectivity index (χ0n) is 16.5. The quantitative estimate of drug-likeness (QED) is 0.237. The van der Waals surface area contributed by atoms with Crippen LogP contribution in [-0.4, -0.2) is 52.2 Å². The van der Waals surface area contributed by atoms with E-state index in [9.17, 15) is 4.79 Å². The number of carbonyl (C=O) groups is 1. The van der Waals surface area contributed by atoms with Gasteiger partial charge >= 0.3 is 5.97 Å². The van der Waals surface area contributed by atoms with Gasteiger partial charge in [0.15, 0.2) is 0 Å². The lowest BCUT2D eigenvalue weighted by Gasteiger charge is -2.06. The molecule has 1 heterocycles. The number of epoxide rings is 1. The number of esters is 1. The molecule has 1 aliphatic rings. The minimum Gasteiger partial charge on any atom is -0.491 e. The van der Waals surface area contributed by atoms with Gasteiger partial charge in [-0.25, -0.2) is 4.79 Å². The van der Waals surface area contributed by atoms with E-state index >= 15 is 0 Å². The van der Waals surface area contributed by atoms with Crippen LogP contribution >= 0.6 is 0 Å². The van der Waals surface area contributed by atoms with Crippen molar-refractivity contribution >= 4 is 12.0 Å². The predicted molar refractivity (Wildman–Crippen MR) is 109 cm³/mol. The summed E-state index contributed by atoms with van der Waals surface area (Å²) in [7, 11) is 1.63. The Labute approximate surface area is 171 Å². The Kier molecular flexibility index (Phi) is 8.10. The van der Waals surface area contributed by atoms with Crippen molar-refractivity contribution in [1.29, 1.82) is 0 Å². The number of methoxy groups -OCH3 is 1. The third kappa shape index (κ3) is 7.97. The smallest absolute Gasteiger partial charge is 0.330 e. The van der Waals surface area contributed by atoms with E-state index < -0.39 is 0 Å². The topological polar surface area (TPSA) is 66.5 Å². The number of rotatable bonds is 12. The average Bonchev–Trinajstić information content (AvgIpc) is 3.57. The molecule has 0 aliphatic carbocycles. The summed E-state index contributed by atoms with van der Waals surface area (Å²) in [4.78, 5) is 11.9. The molecule has 1 atom stereocenters. The molecule has 2 aromatic carbocycles. The molecule has 6 heteroatoms. The van der Waals surface area contributed by atoms with Gasteiger partial charge in [-0.15, -0.1) is 0 Å². The van der Waals surface area contributed by atoms with Crippen molar-refractivity contribution in [2.24, 2.45) is 0 Å². The molecule has 2 aromatic rings. The zero-order valence-corrected chi connectivity index (χ0v) is 16.5. The maximum Gasteiger partial charge on any atom is 0.330 e. The van der Waals surface area contributed by atoms with Gasteiger partial charge in [0.2, 0.25) is 0 Å². The third-order valence-electron chi connectivity index (χ3n) is 4.24. The molecule has 0 N–H and O–H groups in total. The molecule has 1 fully saturated rings. The lowest BCUT2D eigenvalue weighted by atomic mass is 10.1. The summed E-state index contributed by atoms with van der Waals surface area (Å²) in [6.45, 7) is 2.75. The standard InChI is InChI=1S/C23H26O6/c1-25-14-15-26-20-7-2-18(3-8-20)6-11-23(24)27-13-12-19-4-9-21(10-5-19)28-16-22-17-29-22/h2-11,22H,12-17H2,1H3/b11-6+. The van der Waals surface area contributed by atoms with E-state index in [1.165, 1.54) is 6.08 Å². The van der Waals surface area contributed by atoms with Crippen LogP contribution in [0.2, 0.25) is 0 Å². The maximum atomic E-state index is 11.9. The Hall–Kier alpha value is -2.83. The third-order valence-corrected chi connectivity index (χ3v) is 4.24. The second-order valence-electron chi connectivity index (χ2n) is 6.57. The summed E-state index contributed by atoms with van der Waals surface area (Å²) in [5.41, 5.74) is 1.98. The summed E-state index contributed by atoms with van der Waals surface area (Å²) in [6, 6.07) is 15.3. The van der Waals surface area contributed by atoms with Gasteiger partial charge < -0.3 is 23.7 Å². The fraction of sp³-hybridized carbons (Fsp3) is 0.348. The van der Waals surface area contributed by atoms with E-state index in [4.69, 9.17) is 23.7 Å². The maximum absolute atomic E-state index is 11.9. The highest BCUT2D eigenvalue weighted by molar-refractivity contribution is 5.87. The molecule has 6 nitrogen and oxygen atoms in total. The van der Waals surface area contributed by atoms with Gasteiger partial charge in [0, 0.05) is 19.6 Å². The SMILES string of the molecule is COCCOc1ccc(/C=C/C(=O)OCCc2ccc(OCC3CO3)cc2)cc1. The van der Waals surface area contributed by atoms with E-state index in [0.29, 0.717) is 32.8 Å². The van der Waals surface area contributed by atoms with Crippen LogP contribution in [0, 0.1) is 0 Å². The van der Waals surface area contributed by atoms with Gasteiger partial charge in [0.25, 0.3) is 0 Å². The fourth-order valence-electron chi connectivity index (χ4n) is 2.51. The van der Waals surface area contributed by atoms with Crippen molar-refractivity contribution in [1.82, 2.24) is 0 Å². The van der Waals surface area contributed by atoms with Crippen molar-refractivity contribution in [3.63, 3.8) is 0 Å². The Morgan fingerprint density at radius 3 is 2.38 bits per heavy atom. The first-order chi connectivity index (χ1) is 14.2. The Bertz CT molecular complexity index is 778. The van der Waals surface area contributed by atoms with Crippen LogP contribution < -0.4 is 9.47 Å². The van der Waals surface area contributed by atoms with E-state index in [0.717, 1.165) is 29.2 Å². The molecule has 0 bridgehead atoms. The summed E-state index contributed by atoms with van der Waals surface area (Å²) in [5, 5.41) is 0. The normalized spacial score (nSPS) is 15.3. The Balaban J connectivity index is 1.34. The van der Waals surface area contributed by atoms with Gasteiger partial charge in [0.1, 0.15) is 30.8 Å². The molecule has 3 rings (SSSR count). The molecule has 0 aromatic heterocycles. The number of hydrogen-bond acceptors (Lipinski definition) is 6. The van der Waals surface area contributed by atoms with Crippen LogP contribution in [0.15, 0.2) is 54.6 Å². The molecule has 0 radical (unpaired) electrons. The first-order valence-electron chi connectivity index (χ1n) is 9.63. The molecular weight excluding hydrogens is 372 g/mol. The molecular formula is C23H26O6. The predicted octanol–water partition coefficient (Wildman–Crippen LogP) is 3.29. The molecule has 1 saturated heterocycles. The zero-order chi connectivity index (χ0) is 20.3. The van der Waals surface area contributed by atoms with Crippen molar-refractivity contribution in [3.8, 4) is 11.5 Å². The van der Waals surface area contributed by atoms with Crippen LogP contribution in [-0.2, 0) is 25.4 Å². The molecule has 154 valence electrons. The number of hydrogen-bond donors (Lipinski definition) is 0. The minimum absolute atomic E-state index is 0.245. The van der Waals surface area contributed by atoms with E-state index in [2.05, 4.69) is 0 Å². The lowest BCUT2D eigenvalue weighted by Crippen LogP contribution is -2.05. The van der Waals surface area contributed by atoms with Crippen molar-refractivity contribution in [3.05, 3.63) is 65.7 Å². The highest BCUT2D eigenvalue weighted by Gasteiger charge is 2.22. The Morgan fingerprint density at radius 2 is 1.69 bits per heavy atom. The van der Waals surface area contributed by atoms with Crippen LogP contribution in [0.1, 0.15) is 11.1 Å². The van der Waals surface area contributed by atoms with E-state index in [-0.39, 0.29) is 12.1 Å². The molecule has 1 aliphatic heterocycles. The largest absolute Gasteiger partial charge is 0.491 e. The van der Waals surface area contributed by atoms with Crippen LogP contribution in [0.5, 0.6) is 11.5 Å². The molecule has 0 spiro atoms. The summed E-state index contributed by atoms with van der Waals surface area (Å²) >= 11 is 0. The number of carbonyl (C=O) groups excluding carboxylic acids is 1. The fourth-order valence-corrected chi connectivity index (χ4v) is 2.51. The lowest BCUT2D eigenvalue weighted by molar-refractivity contribution is -0.137. The Morgan fingerprint density at radius 1 is 1.00 bits per heavy atom. The first-order valence-corrected chi connectivity index (χ1v) is 9.63. The minimum atomic E-state index is -0.366. The summed E-state index contributed by atoms with van der Waals surface area (Å²) in [6.07, 6.45) is 4.04. The van der Waals surface area contributed by atoms with E-state index in [1.54, 1.807) is 13.2 Å². The van der Waals surface area contributed by atoms with Crippen molar-refractivity contribution < 1.29 is 28.5 Å². The monoisotopic (exact) mass is 398 g/mol. The highest BCUT2D eigenvalue weighted by Crippen LogP contribution is 2.16. The molecule has 1 unspecified atom stereocenters. The summed E-state index contributed by atoms with van der Waals surface area (Å²) < 4.78 is 26.4. The number of ether oxygens (including phenoxy) is 5. The van der Waals surface area contributed by atoms with Gasteiger partial charge in [-0.2, -0.15) is 0 Å². The van der Waals surface area contributed by atoms with Crippen LogP contribution in [0.25, 0.3) is 6.08 Å². The molecule has 29 heavy (non-hydrogen) atoms. The van der Waals surface area contributed by atoms with Gasteiger partial charge in [0.05, 0.1) is 19.8 Å². The average molecular weight is 398 g/mol.